The minimum Gasteiger partial charge on any atom is -0.488 e. The van der Waals surface area contributed by atoms with Gasteiger partial charge in [0, 0.05) is 12.1 Å². The molecule has 0 radical (unpaired) electrons. The minimum atomic E-state index is 0.353. The Labute approximate surface area is 166 Å². The van der Waals surface area contributed by atoms with E-state index in [4.69, 9.17) is 22.2 Å². The van der Waals surface area contributed by atoms with Crippen LogP contribution in [0.3, 0.4) is 0 Å². The van der Waals surface area contributed by atoms with Gasteiger partial charge in [0.2, 0.25) is 0 Å². The zero-order valence-electron chi connectivity index (χ0n) is 13.6. The van der Waals surface area contributed by atoms with E-state index in [1.807, 2.05) is 43.3 Å². The second-order valence-corrected chi connectivity index (χ2v) is 6.55. The molecule has 128 valence electrons. The molecule has 0 aromatic heterocycles. The smallest absolute Gasteiger partial charge is 0.186 e. The van der Waals surface area contributed by atoms with E-state index in [2.05, 4.69) is 44.5 Å². The highest BCUT2D eigenvalue weighted by molar-refractivity contribution is 14.1. The summed E-state index contributed by atoms with van der Waals surface area (Å²) in [7, 11) is 0. The van der Waals surface area contributed by atoms with Crippen LogP contribution in [0.1, 0.15) is 23.6 Å². The molecule has 0 bridgehead atoms. The van der Waals surface area contributed by atoms with Gasteiger partial charge in [-0.3, -0.25) is 5.43 Å². The van der Waals surface area contributed by atoms with Gasteiger partial charge in [-0.15, -0.1) is 0 Å². The first-order chi connectivity index (χ1) is 12.1. The molecule has 0 spiro atoms. The Morgan fingerprint density at radius 2 is 2.16 bits per heavy atom. The van der Waals surface area contributed by atoms with Crippen molar-refractivity contribution >= 4 is 46.1 Å². The second kappa shape index (κ2) is 9.96. The summed E-state index contributed by atoms with van der Waals surface area (Å²) in [6.07, 6.45) is 1.70. The van der Waals surface area contributed by atoms with Crippen LogP contribution in [0, 0.1) is 14.9 Å². The van der Waals surface area contributed by atoms with E-state index in [0.29, 0.717) is 17.3 Å². The zero-order chi connectivity index (χ0) is 18.1. The lowest BCUT2D eigenvalue weighted by atomic mass is 10.1. The normalized spacial score (nSPS) is 10.3. The van der Waals surface area contributed by atoms with Gasteiger partial charge in [-0.25, -0.2) is 0 Å². The molecule has 0 aliphatic rings. The van der Waals surface area contributed by atoms with Crippen LogP contribution in [0.2, 0.25) is 0 Å². The molecule has 0 unspecified atom stereocenters. The Hall–Kier alpha value is -2.18. The molecular weight excluding hydrogens is 447 g/mol. The number of nitriles is 1. The third-order valence-electron chi connectivity index (χ3n) is 3.19. The van der Waals surface area contributed by atoms with Gasteiger partial charge in [0.25, 0.3) is 0 Å². The van der Waals surface area contributed by atoms with Gasteiger partial charge in [-0.1, -0.05) is 18.2 Å². The topological polar surface area (TPSA) is 69.4 Å². The Morgan fingerprint density at radius 3 is 2.88 bits per heavy atom. The van der Waals surface area contributed by atoms with E-state index in [-0.39, 0.29) is 0 Å². The molecule has 0 saturated heterocycles. The largest absolute Gasteiger partial charge is 0.488 e. The monoisotopic (exact) mass is 464 g/mol. The van der Waals surface area contributed by atoms with Crippen LogP contribution in [-0.2, 0) is 6.61 Å². The highest BCUT2D eigenvalue weighted by Gasteiger charge is 2.05. The fraction of sp³-hybridized carbons (Fsp3) is 0.167. The average Bonchev–Trinajstić information content (AvgIpc) is 2.61. The number of benzene rings is 2. The van der Waals surface area contributed by atoms with Gasteiger partial charge < -0.3 is 10.1 Å². The molecule has 0 atom stereocenters. The molecule has 2 rings (SSSR count). The summed E-state index contributed by atoms with van der Waals surface area (Å²) in [4.78, 5) is 0. The quantitative estimate of drug-likeness (QED) is 0.296. The molecule has 5 nitrogen and oxygen atoms in total. The van der Waals surface area contributed by atoms with Crippen molar-refractivity contribution < 1.29 is 4.74 Å². The van der Waals surface area contributed by atoms with Gasteiger partial charge in [-0.2, -0.15) is 10.4 Å². The van der Waals surface area contributed by atoms with Crippen LogP contribution < -0.4 is 15.5 Å². The molecule has 2 aromatic carbocycles. The van der Waals surface area contributed by atoms with Gasteiger partial charge in [0.15, 0.2) is 5.11 Å². The maximum atomic E-state index is 9.12. The Balaban J connectivity index is 1.99. The van der Waals surface area contributed by atoms with Crippen molar-refractivity contribution in [2.45, 2.75) is 13.5 Å². The maximum Gasteiger partial charge on any atom is 0.186 e. The molecule has 0 saturated carbocycles. The number of halogens is 1. The average molecular weight is 464 g/mol. The Bertz CT molecular complexity index is 817. The third kappa shape index (κ3) is 5.99. The fourth-order valence-corrected chi connectivity index (χ4v) is 2.88. The molecule has 2 aromatic rings. The van der Waals surface area contributed by atoms with E-state index in [0.717, 1.165) is 27.0 Å². The predicted molar refractivity (Wildman–Crippen MR) is 112 cm³/mol. The standard InChI is InChI=1S/C18H17IN4OS/c1-2-21-18(25)23-22-11-13-7-8-17(16(19)9-13)24-12-15-6-4-3-5-14(15)10-20/h3-9,11H,2,12H2,1H3,(H2,21,23,25). The summed E-state index contributed by atoms with van der Waals surface area (Å²) in [6.45, 7) is 3.07. The van der Waals surface area contributed by atoms with E-state index in [9.17, 15) is 0 Å². The Kier molecular flexibility index (Phi) is 7.63. The number of thiocarbonyl (C=S) groups is 1. The molecule has 0 aliphatic heterocycles. The number of nitrogens with one attached hydrogen (secondary N) is 2. The SMILES string of the molecule is CCNC(=S)NN=Cc1ccc(OCc2ccccc2C#N)c(I)c1. The molecular formula is C18H17IN4OS. The van der Waals surface area contributed by atoms with Crippen molar-refractivity contribution in [1.29, 1.82) is 5.26 Å². The number of hydrogen-bond donors (Lipinski definition) is 2. The van der Waals surface area contributed by atoms with E-state index < -0.39 is 0 Å². The van der Waals surface area contributed by atoms with Crippen molar-refractivity contribution in [3.8, 4) is 11.8 Å². The van der Waals surface area contributed by atoms with Gasteiger partial charge in [0.1, 0.15) is 12.4 Å². The molecule has 0 aliphatic carbocycles. The molecule has 2 N–H and O–H groups in total. The predicted octanol–water partition coefficient (Wildman–Crippen LogP) is 3.56. The first-order valence-electron chi connectivity index (χ1n) is 7.61. The van der Waals surface area contributed by atoms with E-state index >= 15 is 0 Å². The summed E-state index contributed by atoms with van der Waals surface area (Å²) in [5, 5.41) is 16.7. The van der Waals surface area contributed by atoms with E-state index in [1.165, 1.54) is 0 Å². The van der Waals surface area contributed by atoms with Crippen LogP contribution in [-0.4, -0.2) is 17.9 Å². The molecule has 7 heteroatoms. The molecule has 0 amide bonds. The molecule has 0 fully saturated rings. The van der Waals surface area contributed by atoms with Crippen LogP contribution in [0.15, 0.2) is 47.6 Å². The van der Waals surface area contributed by atoms with Gasteiger partial charge >= 0.3 is 0 Å². The fourth-order valence-electron chi connectivity index (χ4n) is 1.99. The number of rotatable bonds is 6. The van der Waals surface area contributed by atoms with Crippen LogP contribution in [0.5, 0.6) is 5.75 Å². The number of hydrogen-bond acceptors (Lipinski definition) is 4. The van der Waals surface area contributed by atoms with Crippen molar-refractivity contribution in [1.82, 2.24) is 10.7 Å². The number of hydrazone groups is 1. The van der Waals surface area contributed by atoms with E-state index in [1.54, 1.807) is 12.3 Å². The lowest BCUT2D eigenvalue weighted by Crippen LogP contribution is -2.31. The zero-order valence-corrected chi connectivity index (χ0v) is 16.6. The van der Waals surface area contributed by atoms with Crippen LogP contribution in [0.4, 0.5) is 0 Å². The summed E-state index contributed by atoms with van der Waals surface area (Å²) in [6, 6.07) is 15.4. The lowest BCUT2D eigenvalue weighted by molar-refractivity contribution is 0.303. The Morgan fingerprint density at radius 1 is 1.36 bits per heavy atom. The first-order valence-corrected chi connectivity index (χ1v) is 9.10. The van der Waals surface area contributed by atoms with Crippen molar-refractivity contribution in [3.63, 3.8) is 0 Å². The summed E-state index contributed by atoms with van der Waals surface area (Å²) >= 11 is 7.25. The lowest BCUT2D eigenvalue weighted by Gasteiger charge is -2.10. The number of nitrogens with zero attached hydrogens (tertiary/aromatic N) is 2. The molecule has 25 heavy (non-hydrogen) atoms. The van der Waals surface area contributed by atoms with Crippen LogP contribution >= 0.6 is 34.8 Å². The van der Waals surface area contributed by atoms with Gasteiger partial charge in [0.05, 0.1) is 21.4 Å². The summed E-state index contributed by atoms with van der Waals surface area (Å²) in [5.74, 6) is 0.765. The summed E-state index contributed by atoms with van der Waals surface area (Å²) < 4.78 is 6.81. The highest BCUT2D eigenvalue weighted by atomic mass is 127. The maximum absolute atomic E-state index is 9.12. The van der Waals surface area contributed by atoms with Crippen molar-refractivity contribution in [2.24, 2.45) is 5.10 Å². The third-order valence-corrected chi connectivity index (χ3v) is 4.27. The highest BCUT2D eigenvalue weighted by Crippen LogP contribution is 2.23. The van der Waals surface area contributed by atoms with Gasteiger partial charge in [-0.05, 0) is 71.6 Å². The minimum absolute atomic E-state index is 0.353. The molecule has 0 heterocycles. The van der Waals surface area contributed by atoms with Crippen molar-refractivity contribution in [2.75, 3.05) is 6.54 Å². The first kappa shape index (κ1) is 19.1. The van der Waals surface area contributed by atoms with Crippen molar-refractivity contribution in [3.05, 3.63) is 62.7 Å². The number of ether oxygens (including phenoxy) is 1. The summed E-state index contributed by atoms with van der Waals surface area (Å²) in [5.41, 5.74) is 5.18. The second-order valence-electron chi connectivity index (χ2n) is 4.98. The van der Waals surface area contributed by atoms with Crippen LogP contribution in [0.25, 0.3) is 0 Å².